The van der Waals surface area contributed by atoms with Gasteiger partial charge in [0.2, 0.25) is 5.91 Å². The van der Waals surface area contributed by atoms with Crippen LogP contribution in [0.3, 0.4) is 0 Å². The van der Waals surface area contributed by atoms with Crippen molar-refractivity contribution in [2.45, 2.75) is 19.6 Å². The van der Waals surface area contributed by atoms with Crippen molar-refractivity contribution >= 4 is 28.4 Å². The minimum atomic E-state index is -0.582. The molecule has 3 heterocycles. The highest BCUT2D eigenvalue weighted by Crippen LogP contribution is 2.26. The van der Waals surface area contributed by atoms with Crippen LogP contribution >= 0.6 is 11.6 Å². The van der Waals surface area contributed by atoms with Crippen LogP contribution in [0.2, 0.25) is 5.02 Å². The lowest BCUT2D eigenvalue weighted by Gasteiger charge is -2.29. The molecule has 1 N–H and O–H groups in total. The van der Waals surface area contributed by atoms with Crippen molar-refractivity contribution in [3.05, 3.63) is 68.1 Å². The number of halogens is 1. The number of hydrogen-bond donors (Lipinski definition) is 1. The number of H-pyrrole nitrogens is 1. The lowest BCUT2D eigenvalue weighted by molar-refractivity contribution is -0.133. The number of fused-ring (bicyclic) bond motifs is 3. The molecule has 8 heteroatoms. The van der Waals surface area contributed by atoms with Crippen LogP contribution in [-0.4, -0.2) is 31.5 Å². The van der Waals surface area contributed by atoms with Gasteiger partial charge in [-0.2, -0.15) is 0 Å². The average molecular weight is 359 g/mol. The summed E-state index contributed by atoms with van der Waals surface area (Å²) in [6.07, 6.45) is 1.34. The van der Waals surface area contributed by atoms with Gasteiger partial charge in [0.1, 0.15) is 6.54 Å². The molecular formula is C17H15ClN4O3. The molecule has 0 atom stereocenters. The average Bonchev–Trinajstić information content (AvgIpc) is 2.93. The van der Waals surface area contributed by atoms with E-state index in [4.69, 9.17) is 11.6 Å². The number of carbonyl (C=O) groups excluding carboxylic acids is 1. The van der Waals surface area contributed by atoms with E-state index in [-0.39, 0.29) is 12.5 Å². The fraction of sp³-hybridized carbons (Fsp3) is 0.235. The molecule has 1 aliphatic rings. The molecule has 7 nitrogen and oxygen atoms in total. The lowest BCUT2D eigenvalue weighted by atomic mass is 10.2. The number of nitrogens with one attached hydrogen (secondary N) is 1. The summed E-state index contributed by atoms with van der Waals surface area (Å²) in [6, 6.07) is 9.02. The van der Waals surface area contributed by atoms with Gasteiger partial charge in [-0.3, -0.25) is 19.1 Å². The molecule has 2 aromatic heterocycles. The summed E-state index contributed by atoms with van der Waals surface area (Å²) >= 11 is 6.05. The van der Waals surface area contributed by atoms with Gasteiger partial charge in [0.05, 0.1) is 6.54 Å². The first-order chi connectivity index (χ1) is 12.0. The minimum absolute atomic E-state index is 0.0956. The molecule has 1 aromatic carbocycles. The predicted molar refractivity (Wildman–Crippen MR) is 93.7 cm³/mol. The molecule has 128 valence electrons. The Hall–Kier alpha value is -2.80. The van der Waals surface area contributed by atoms with Crippen molar-refractivity contribution in [1.82, 2.24) is 19.0 Å². The molecule has 0 aliphatic carbocycles. The van der Waals surface area contributed by atoms with Gasteiger partial charge >= 0.3 is 5.69 Å². The third-order valence-electron chi connectivity index (χ3n) is 4.45. The molecule has 0 bridgehead atoms. The Balaban J connectivity index is 1.57. The second-order valence-electron chi connectivity index (χ2n) is 6.04. The van der Waals surface area contributed by atoms with Gasteiger partial charge in [0.15, 0.2) is 0 Å². The molecule has 3 aromatic rings. The molecule has 4 rings (SSSR count). The smallest absolute Gasteiger partial charge is 0.328 e. The van der Waals surface area contributed by atoms with Gasteiger partial charge in [0.25, 0.3) is 5.56 Å². The zero-order chi connectivity index (χ0) is 17.6. The quantitative estimate of drug-likeness (QED) is 0.747. The third kappa shape index (κ3) is 2.87. The summed E-state index contributed by atoms with van der Waals surface area (Å²) in [5.74, 6) is -0.163. The number of aromatic amines is 1. The first-order valence-corrected chi connectivity index (χ1v) is 8.24. The topological polar surface area (TPSA) is 80.1 Å². The van der Waals surface area contributed by atoms with Crippen LogP contribution < -0.4 is 11.2 Å². The van der Waals surface area contributed by atoms with E-state index >= 15 is 0 Å². The zero-order valence-electron chi connectivity index (χ0n) is 13.2. The van der Waals surface area contributed by atoms with Crippen molar-refractivity contribution in [1.29, 1.82) is 0 Å². The predicted octanol–water partition coefficient (Wildman–Crippen LogP) is 1.19. The second-order valence-corrected chi connectivity index (χ2v) is 6.48. The largest absolute Gasteiger partial charge is 0.341 e. The van der Waals surface area contributed by atoms with E-state index in [2.05, 4.69) is 9.55 Å². The summed E-state index contributed by atoms with van der Waals surface area (Å²) in [4.78, 5) is 39.2. The van der Waals surface area contributed by atoms with E-state index in [1.165, 1.54) is 16.8 Å². The van der Waals surface area contributed by atoms with Gasteiger partial charge in [-0.05, 0) is 24.3 Å². The summed E-state index contributed by atoms with van der Waals surface area (Å²) in [5.41, 5.74) is 1.07. The first-order valence-electron chi connectivity index (χ1n) is 7.86. The second kappa shape index (κ2) is 5.93. The Kier molecular flexibility index (Phi) is 3.73. The highest BCUT2D eigenvalue weighted by molar-refractivity contribution is 6.31. The number of carbonyl (C=O) groups is 1. The van der Waals surface area contributed by atoms with Gasteiger partial charge < -0.3 is 9.47 Å². The highest BCUT2D eigenvalue weighted by atomic mass is 35.5. The maximum Gasteiger partial charge on any atom is 0.328 e. The molecule has 1 aliphatic heterocycles. The number of benzene rings is 1. The van der Waals surface area contributed by atoms with Crippen molar-refractivity contribution in [3.8, 4) is 0 Å². The van der Waals surface area contributed by atoms with E-state index in [0.29, 0.717) is 24.7 Å². The monoisotopic (exact) mass is 358 g/mol. The van der Waals surface area contributed by atoms with E-state index in [9.17, 15) is 14.4 Å². The zero-order valence-corrected chi connectivity index (χ0v) is 14.0. The fourth-order valence-corrected chi connectivity index (χ4v) is 3.40. The van der Waals surface area contributed by atoms with E-state index in [1.807, 2.05) is 24.3 Å². The lowest BCUT2D eigenvalue weighted by Crippen LogP contribution is -2.42. The van der Waals surface area contributed by atoms with Gasteiger partial charge in [0, 0.05) is 47.0 Å². The van der Waals surface area contributed by atoms with Crippen LogP contribution in [0.5, 0.6) is 0 Å². The fourth-order valence-electron chi connectivity index (χ4n) is 3.22. The van der Waals surface area contributed by atoms with Crippen LogP contribution in [0.15, 0.2) is 46.1 Å². The molecule has 0 saturated heterocycles. The van der Waals surface area contributed by atoms with Gasteiger partial charge in [-0.1, -0.05) is 11.6 Å². The summed E-state index contributed by atoms with van der Waals surface area (Å²) in [7, 11) is 0. The van der Waals surface area contributed by atoms with E-state index < -0.39 is 11.2 Å². The SMILES string of the molecule is O=C(Cn1ccc(=O)[nH]c1=O)N1CCn2c(cc3cc(Cl)ccc32)C1. The Morgan fingerprint density at radius 1 is 1.16 bits per heavy atom. The Labute approximate surface area is 147 Å². The normalized spacial score (nSPS) is 13.9. The highest BCUT2D eigenvalue weighted by Gasteiger charge is 2.22. The third-order valence-corrected chi connectivity index (χ3v) is 4.69. The number of amides is 1. The molecule has 0 saturated carbocycles. The van der Waals surface area contributed by atoms with Crippen LogP contribution in [0.1, 0.15) is 5.69 Å². The Bertz CT molecular complexity index is 1100. The number of nitrogens with zero attached hydrogens (tertiary/aromatic N) is 3. The molecular weight excluding hydrogens is 344 g/mol. The molecule has 0 fully saturated rings. The van der Waals surface area contributed by atoms with E-state index in [1.54, 1.807) is 4.90 Å². The van der Waals surface area contributed by atoms with Crippen molar-refractivity contribution < 1.29 is 4.79 Å². The first kappa shape index (κ1) is 15.7. The van der Waals surface area contributed by atoms with Crippen LogP contribution in [0, 0.1) is 0 Å². The van der Waals surface area contributed by atoms with Gasteiger partial charge in [-0.15, -0.1) is 0 Å². The van der Waals surface area contributed by atoms with Crippen molar-refractivity contribution in [2.24, 2.45) is 0 Å². The number of rotatable bonds is 2. The summed E-state index contributed by atoms with van der Waals surface area (Å²) in [5, 5.41) is 1.73. The Morgan fingerprint density at radius 2 is 2.00 bits per heavy atom. The van der Waals surface area contributed by atoms with Crippen LogP contribution in [-0.2, 0) is 24.4 Å². The maximum absolute atomic E-state index is 12.5. The molecule has 0 radical (unpaired) electrons. The van der Waals surface area contributed by atoms with Crippen molar-refractivity contribution in [2.75, 3.05) is 6.54 Å². The van der Waals surface area contributed by atoms with Gasteiger partial charge in [-0.25, -0.2) is 4.79 Å². The summed E-state index contributed by atoms with van der Waals surface area (Å²) < 4.78 is 3.38. The summed E-state index contributed by atoms with van der Waals surface area (Å²) in [6.45, 7) is 1.63. The standard InChI is InChI=1S/C17H15ClN4O3/c18-12-1-2-14-11(7-12)8-13-9-20(5-6-22(13)14)16(24)10-21-4-3-15(23)19-17(21)25/h1-4,7-8H,5-6,9-10H2,(H,19,23,25). The van der Waals surface area contributed by atoms with E-state index in [0.717, 1.165) is 16.6 Å². The van der Waals surface area contributed by atoms with Crippen LogP contribution in [0.4, 0.5) is 0 Å². The number of aromatic nitrogens is 3. The number of hydrogen-bond acceptors (Lipinski definition) is 3. The molecule has 25 heavy (non-hydrogen) atoms. The molecule has 0 spiro atoms. The molecule has 1 amide bonds. The van der Waals surface area contributed by atoms with Crippen LogP contribution in [0.25, 0.3) is 10.9 Å². The minimum Gasteiger partial charge on any atom is -0.341 e. The van der Waals surface area contributed by atoms with Crippen molar-refractivity contribution in [3.63, 3.8) is 0 Å². The Morgan fingerprint density at radius 3 is 2.80 bits per heavy atom. The molecule has 0 unspecified atom stereocenters. The maximum atomic E-state index is 12.5.